The van der Waals surface area contributed by atoms with Gasteiger partial charge in [0, 0.05) is 6.42 Å². The van der Waals surface area contributed by atoms with Crippen LogP contribution in [0.2, 0.25) is 0 Å². The second kappa shape index (κ2) is 18.0. The van der Waals surface area contributed by atoms with Crippen molar-refractivity contribution in [2.45, 2.75) is 69.1 Å². The van der Waals surface area contributed by atoms with Crippen molar-refractivity contribution < 1.29 is 39.3 Å². The number of amides is 3. The number of rotatable bonds is 19. The quantitative estimate of drug-likeness (QED) is 0.0993. The first-order valence-electron chi connectivity index (χ1n) is 12.6. The van der Waals surface area contributed by atoms with Crippen LogP contribution < -0.4 is 27.4 Å². The number of nitrogens with two attached hydrogens (primary N) is 2. The third-order valence-corrected chi connectivity index (χ3v) is 6.46. The third kappa shape index (κ3) is 13.3. The Kier molecular flexibility index (Phi) is 15.6. The van der Waals surface area contributed by atoms with Crippen molar-refractivity contribution in [2.24, 2.45) is 11.5 Å². The molecule has 4 atom stereocenters. The molecule has 14 heteroatoms. The Morgan fingerprint density at radius 2 is 1.41 bits per heavy atom. The van der Waals surface area contributed by atoms with E-state index in [9.17, 15) is 34.2 Å². The molecule has 0 bridgehead atoms. The van der Waals surface area contributed by atoms with Gasteiger partial charge in [-0.1, -0.05) is 12.1 Å². The summed E-state index contributed by atoms with van der Waals surface area (Å²) in [5.41, 5.74) is 12.3. The van der Waals surface area contributed by atoms with E-state index in [0.29, 0.717) is 30.7 Å². The van der Waals surface area contributed by atoms with Gasteiger partial charge in [0.1, 0.15) is 23.9 Å². The summed E-state index contributed by atoms with van der Waals surface area (Å²) in [6, 6.07) is 1.48. The normalized spacial score (nSPS) is 13.9. The zero-order chi connectivity index (χ0) is 29.4. The first kappa shape index (κ1) is 33.7. The van der Waals surface area contributed by atoms with Gasteiger partial charge < -0.3 is 42.7 Å². The molecule has 3 amide bonds. The zero-order valence-electron chi connectivity index (χ0n) is 21.9. The highest BCUT2D eigenvalue weighted by Crippen LogP contribution is 2.12. The molecule has 0 aliphatic rings. The Hall–Kier alpha value is -3.36. The molecule has 39 heavy (non-hydrogen) atoms. The van der Waals surface area contributed by atoms with Gasteiger partial charge in [-0.25, -0.2) is 4.79 Å². The molecule has 13 nitrogen and oxygen atoms in total. The number of aliphatic carboxylic acids is 2. The van der Waals surface area contributed by atoms with E-state index in [0.717, 1.165) is 0 Å². The average Bonchev–Trinajstić information content (AvgIpc) is 2.88. The molecule has 10 N–H and O–H groups in total. The van der Waals surface area contributed by atoms with Crippen molar-refractivity contribution >= 4 is 41.4 Å². The van der Waals surface area contributed by atoms with Gasteiger partial charge in [-0.05, 0) is 74.8 Å². The standard InChI is InChI=1S/C25H39N5O8S/c1-39-13-11-20(25(37)38)30-24(36)19(9-10-21(32)33)29-23(35)18(4-2-3-12-26)28-22(34)17(27)14-15-5-7-16(31)8-6-15/h5-8,17-20,31H,2-4,9-14,26-27H2,1H3,(H,28,34)(H,29,35)(H,30,36)(H,32,33)(H,37,38). The maximum absolute atomic E-state index is 13.2. The van der Waals surface area contributed by atoms with Crippen LogP contribution in [0.4, 0.5) is 0 Å². The largest absolute Gasteiger partial charge is 0.508 e. The van der Waals surface area contributed by atoms with Crippen molar-refractivity contribution in [1.82, 2.24) is 16.0 Å². The molecule has 0 aliphatic heterocycles. The van der Waals surface area contributed by atoms with Crippen LogP contribution in [0.3, 0.4) is 0 Å². The number of nitrogens with one attached hydrogen (secondary N) is 3. The van der Waals surface area contributed by atoms with Crippen molar-refractivity contribution in [2.75, 3.05) is 18.6 Å². The van der Waals surface area contributed by atoms with Crippen LogP contribution in [0, 0.1) is 0 Å². The monoisotopic (exact) mass is 569 g/mol. The van der Waals surface area contributed by atoms with Gasteiger partial charge in [0.2, 0.25) is 17.7 Å². The number of carbonyl (C=O) groups is 5. The Morgan fingerprint density at radius 1 is 0.846 bits per heavy atom. The van der Waals surface area contributed by atoms with E-state index >= 15 is 0 Å². The molecule has 0 fully saturated rings. The number of carboxylic acids is 2. The minimum Gasteiger partial charge on any atom is -0.508 e. The number of benzene rings is 1. The summed E-state index contributed by atoms with van der Waals surface area (Å²) in [7, 11) is 0. The lowest BCUT2D eigenvalue weighted by Gasteiger charge is -2.25. The molecule has 0 radical (unpaired) electrons. The Bertz CT molecular complexity index is 962. The average molecular weight is 570 g/mol. The maximum Gasteiger partial charge on any atom is 0.326 e. The molecule has 1 aromatic rings. The van der Waals surface area contributed by atoms with E-state index in [1.165, 1.54) is 23.9 Å². The van der Waals surface area contributed by atoms with Gasteiger partial charge >= 0.3 is 11.9 Å². The molecule has 4 unspecified atom stereocenters. The smallest absolute Gasteiger partial charge is 0.326 e. The lowest BCUT2D eigenvalue weighted by atomic mass is 10.0. The number of aromatic hydroxyl groups is 1. The summed E-state index contributed by atoms with van der Waals surface area (Å²) in [5.74, 6) is -4.13. The summed E-state index contributed by atoms with van der Waals surface area (Å²) in [6.45, 7) is 0.360. The number of carbonyl (C=O) groups excluding carboxylic acids is 3. The summed E-state index contributed by atoms with van der Waals surface area (Å²) >= 11 is 1.40. The molecule has 1 aromatic carbocycles. The predicted octanol–water partition coefficient (Wildman–Crippen LogP) is -0.452. The number of unbranched alkanes of at least 4 members (excludes halogenated alkanes) is 1. The molecule has 0 saturated carbocycles. The highest BCUT2D eigenvalue weighted by molar-refractivity contribution is 7.98. The summed E-state index contributed by atoms with van der Waals surface area (Å²) in [5, 5.41) is 35.4. The summed E-state index contributed by atoms with van der Waals surface area (Å²) in [6.07, 6.45) is 2.54. The summed E-state index contributed by atoms with van der Waals surface area (Å²) < 4.78 is 0. The minimum absolute atomic E-state index is 0.0637. The lowest BCUT2D eigenvalue weighted by Crippen LogP contribution is -2.57. The molecule has 1 rings (SSSR count). The number of thioether (sulfide) groups is 1. The Balaban J connectivity index is 2.99. The highest BCUT2D eigenvalue weighted by Gasteiger charge is 2.30. The zero-order valence-corrected chi connectivity index (χ0v) is 22.7. The molecule has 0 saturated heterocycles. The van der Waals surface area contributed by atoms with Crippen LogP contribution in [-0.4, -0.2) is 87.7 Å². The molecule has 0 heterocycles. The van der Waals surface area contributed by atoms with Gasteiger partial charge in [0.25, 0.3) is 0 Å². The van der Waals surface area contributed by atoms with Crippen molar-refractivity contribution in [3.63, 3.8) is 0 Å². The topological polar surface area (TPSA) is 234 Å². The fraction of sp³-hybridized carbons (Fsp3) is 0.560. The van der Waals surface area contributed by atoms with Crippen LogP contribution in [0.5, 0.6) is 5.75 Å². The molecular formula is C25H39N5O8S. The number of phenols is 1. The third-order valence-electron chi connectivity index (χ3n) is 5.81. The van der Waals surface area contributed by atoms with Crippen LogP contribution in [0.1, 0.15) is 44.1 Å². The van der Waals surface area contributed by atoms with E-state index in [4.69, 9.17) is 16.6 Å². The SMILES string of the molecule is CSCCC(NC(=O)C(CCC(=O)O)NC(=O)C(CCCCN)NC(=O)C(N)Cc1ccc(O)cc1)C(=O)O. The summed E-state index contributed by atoms with van der Waals surface area (Å²) in [4.78, 5) is 61.5. The number of hydrogen-bond donors (Lipinski definition) is 8. The van der Waals surface area contributed by atoms with Crippen LogP contribution >= 0.6 is 11.8 Å². The molecule has 218 valence electrons. The van der Waals surface area contributed by atoms with E-state index in [1.54, 1.807) is 18.4 Å². The lowest BCUT2D eigenvalue weighted by molar-refractivity contribution is -0.143. The molecule has 0 aromatic heterocycles. The number of carboxylic acid groups (broad SMARTS) is 2. The van der Waals surface area contributed by atoms with Crippen molar-refractivity contribution in [3.05, 3.63) is 29.8 Å². The molecule has 0 spiro atoms. The maximum atomic E-state index is 13.2. The second-order valence-corrected chi connectivity index (χ2v) is 9.98. The second-order valence-electron chi connectivity index (χ2n) is 9.00. The first-order valence-corrected chi connectivity index (χ1v) is 14.0. The fourth-order valence-corrected chi connectivity index (χ4v) is 4.06. The fourth-order valence-electron chi connectivity index (χ4n) is 3.59. The van der Waals surface area contributed by atoms with Gasteiger partial charge in [0.05, 0.1) is 6.04 Å². The number of phenolic OH excluding ortho intramolecular Hbond substituents is 1. The molecule has 0 aliphatic carbocycles. The Labute approximate surface area is 231 Å². The highest BCUT2D eigenvalue weighted by atomic mass is 32.2. The number of hydrogen-bond acceptors (Lipinski definition) is 9. The Morgan fingerprint density at radius 3 is 1.95 bits per heavy atom. The van der Waals surface area contributed by atoms with E-state index < -0.39 is 60.2 Å². The van der Waals surface area contributed by atoms with Gasteiger partial charge in [0.15, 0.2) is 0 Å². The molecular weight excluding hydrogens is 530 g/mol. The van der Waals surface area contributed by atoms with Crippen molar-refractivity contribution in [1.29, 1.82) is 0 Å². The van der Waals surface area contributed by atoms with Crippen LogP contribution in [-0.2, 0) is 30.4 Å². The van der Waals surface area contributed by atoms with E-state index in [-0.39, 0.29) is 31.4 Å². The van der Waals surface area contributed by atoms with E-state index in [2.05, 4.69) is 16.0 Å². The van der Waals surface area contributed by atoms with E-state index in [1.807, 2.05) is 0 Å². The van der Waals surface area contributed by atoms with Gasteiger partial charge in [-0.3, -0.25) is 19.2 Å². The van der Waals surface area contributed by atoms with Gasteiger partial charge in [-0.15, -0.1) is 0 Å². The van der Waals surface area contributed by atoms with Crippen LogP contribution in [0.25, 0.3) is 0 Å². The van der Waals surface area contributed by atoms with Crippen LogP contribution in [0.15, 0.2) is 24.3 Å². The minimum atomic E-state index is -1.34. The van der Waals surface area contributed by atoms with Gasteiger partial charge in [-0.2, -0.15) is 11.8 Å². The predicted molar refractivity (Wildman–Crippen MR) is 146 cm³/mol. The first-order chi connectivity index (χ1) is 18.5. The van der Waals surface area contributed by atoms with Crippen molar-refractivity contribution in [3.8, 4) is 5.75 Å².